The quantitative estimate of drug-likeness (QED) is 0.715. The van der Waals surface area contributed by atoms with Crippen LogP contribution in [0.25, 0.3) is 11.4 Å². The van der Waals surface area contributed by atoms with E-state index in [-0.39, 0.29) is 11.9 Å². The van der Waals surface area contributed by atoms with Crippen LogP contribution in [0.1, 0.15) is 17.3 Å². The van der Waals surface area contributed by atoms with E-state index >= 15 is 0 Å². The highest BCUT2D eigenvalue weighted by molar-refractivity contribution is 6.00. The van der Waals surface area contributed by atoms with Crippen molar-refractivity contribution in [2.45, 2.75) is 13.0 Å². The molecule has 7 heteroatoms. The summed E-state index contributed by atoms with van der Waals surface area (Å²) in [5.41, 5.74) is 2.62. The summed E-state index contributed by atoms with van der Waals surface area (Å²) in [7, 11) is 1.88. The smallest absolute Gasteiger partial charge is 0.254 e. The van der Waals surface area contributed by atoms with Gasteiger partial charge in [-0.1, -0.05) is 18.2 Å². The van der Waals surface area contributed by atoms with Crippen LogP contribution in [0.5, 0.6) is 0 Å². The number of benzene rings is 1. The molecule has 1 aliphatic rings. The van der Waals surface area contributed by atoms with Gasteiger partial charge in [0, 0.05) is 56.4 Å². The van der Waals surface area contributed by atoms with E-state index in [4.69, 9.17) is 0 Å². The van der Waals surface area contributed by atoms with Crippen LogP contribution in [0.15, 0.2) is 55.1 Å². The lowest BCUT2D eigenvalue weighted by molar-refractivity contribution is 0.0727. The lowest BCUT2D eigenvalue weighted by Crippen LogP contribution is -2.53. The Morgan fingerprint density at radius 1 is 1.11 bits per heavy atom. The van der Waals surface area contributed by atoms with Crippen molar-refractivity contribution in [3.05, 3.63) is 60.7 Å². The van der Waals surface area contributed by atoms with Crippen molar-refractivity contribution in [1.29, 1.82) is 0 Å². The second kappa shape index (κ2) is 7.19. The van der Waals surface area contributed by atoms with Gasteiger partial charge in [-0.3, -0.25) is 9.78 Å². The molecular weight excluding hydrogens is 340 g/mol. The predicted molar refractivity (Wildman–Crippen MR) is 103 cm³/mol. The van der Waals surface area contributed by atoms with Crippen molar-refractivity contribution in [3.8, 4) is 11.4 Å². The maximum atomic E-state index is 13.3. The number of aryl methyl sites for hydroxylation is 1. The first-order valence-electron chi connectivity index (χ1n) is 9.04. The molecule has 0 radical (unpaired) electrons. The summed E-state index contributed by atoms with van der Waals surface area (Å²) >= 11 is 0. The van der Waals surface area contributed by atoms with Crippen molar-refractivity contribution < 1.29 is 4.79 Å². The highest BCUT2D eigenvalue weighted by Gasteiger charge is 2.29. The van der Waals surface area contributed by atoms with Gasteiger partial charge in [0.2, 0.25) is 0 Å². The zero-order valence-corrected chi connectivity index (χ0v) is 15.5. The maximum Gasteiger partial charge on any atom is 0.254 e. The Bertz CT molecular complexity index is 938. The zero-order chi connectivity index (χ0) is 18.8. The van der Waals surface area contributed by atoms with Crippen LogP contribution in [-0.4, -0.2) is 56.2 Å². The van der Waals surface area contributed by atoms with Crippen LogP contribution < -0.4 is 4.90 Å². The molecule has 0 saturated carbocycles. The Labute approximate surface area is 158 Å². The molecule has 0 N–H and O–H groups in total. The fraction of sp³-hybridized carbons (Fsp3) is 0.300. The number of anilines is 1. The van der Waals surface area contributed by atoms with Crippen molar-refractivity contribution in [2.24, 2.45) is 7.05 Å². The number of rotatable bonds is 3. The molecule has 138 valence electrons. The van der Waals surface area contributed by atoms with Crippen molar-refractivity contribution >= 4 is 11.6 Å². The van der Waals surface area contributed by atoms with E-state index in [0.717, 1.165) is 17.8 Å². The summed E-state index contributed by atoms with van der Waals surface area (Å²) in [6.07, 6.45) is 5.25. The molecule has 1 unspecified atom stereocenters. The monoisotopic (exact) mass is 362 g/mol. The van der Waals surface area contributed by atoms with Gasteiger partial charge < -0.3 is 14.4 Å². The number of carbonyl (C=O) groups is 1. The number of aromatic nitrogens is 4. The number of hydrogen-bond donors (Lipinski definition) is 0. The number of pyridine rings is 1. The van der Waals surface area contributed by atoms with Crippen LogP contribution >= 0.6 is 0 Å². The molecule has 2 aromatic heterocycles. The molecule has 1 atom stereocenters. The van der Waals surface area contributed by atoms with E-state index < -0.39 is 0 Å². The zero-order valence-electron chi connectivity index (χ0n) is 15.5. The van der Waals surface area contributed by atoms with Crippen LogP contribution in [0.4, 0.5) is 5.69 Å². The first-order valence-corrected chi connectivity index (χ1v) is 9.04. The maximum absolute atomic E-state index is 13.3. The largest absolute Gasteiger partial charge is 0.365 e. The summed E-state index contributed by atoms with van der Waals surface area (Å²) in [4.78, 5) is 21.6. The number of carbonyl (C=O) groups excluding carboxylic acids is 1. The second-order valence-electron chi connectivity index (χ2n) is 6.81. The van der Waals surface area contributed by atoms with Crippen molar-refractivity contribution in [2.75, 3.05) is 24.5 Å². The molecule has 7 nitrogen and oxygen atoms in total. The molecule has 0 bridgehead atoms. The van der Waals surface area contributed by atoms with E-state index in [0.29, 0.717) is 24.5 Å². The topological polar surface area (TPSA) is 67.2 Å². The van der Waals surface area contributed by atoms with Crippen LogP contribution in [0.3, 0.4) is 0 Å². The van der Waals surface area contributed by atoms with Gasteiger partial charge in [-0.15, -0.1) is 10.2 Å². The molecule has 1 aromatic carbocycles. The third kappa shape index (κ3) is 3.28. The first-order chi connectivity index (χ1) is 13.1. The molecule has 4 rings (SSSR count). The van der Waals surface area contributed by atoms with Gasteiger partial charge in [0.15, 0.2) is 5.82 Å². The SMILES string of the molecule is CC1CN(C(=O)c2ccccc2-c2nncn2C)CCN1c1ccncc1. The molecule has 3 heterocycles. The van der Waals surface area contributed by atoms with Crippen LogP contribution in [-0.2, 0) is 7.05 Å². The normalized spacial score (nSPS) is 17.2. The van der Waals surface area contributed by atoms with E-state index in [1.165, 1.54) is 0 Å². The lowest BCUT2D eigenvalue weighted by Gasteiger charge is -2.41. The lowest BCUT2D eigenvalue weighted by atomic mass is 10.0. The van der Waals surface area contributed by atoms with E-state index in [9.17, 15) is 4.79 Å². The van der Waals surface area contributed by atoms with Gasteiger partial charge in [0.25, 0.3) is 5.91 Å². The number of hydrogen-bond acceptors (Lipinski definition) is 5. The van der Waals surface area contributed by atoms with Gasteiger partial charge in [-0.2, -0.15) is 0 Å². The molecule has 0 spiro atoms. The summed E-state index contributed by atoms with van der Waals surface area (Å²) in [5.74, 6) is 0.734. The van der Waals surface area contributed by atoms with E-state index in [1.54, 1.807) is 18.7 Å². The summed E-state index contributed by atoms with van der Waals surface area (Å²) in [6, 6.07) is 11.9. The standard InChI is InChI=1S/C20H22N6O/c1-15-13-25(11-12-26(15)16-7-9-21-10-8-16)20(27)18-6-4-3-5-17(18)19-23-22-14-24(19)2/h3-10,14-15H,11-13H2,1-2H3. The minimum atomic E-state index is 0.0369. The summed E-state index contributed by atoms with van der Waals surface area (Å²) in [5, 5.41) is 8.11. The molecule has 1 saturated heterocycles. The average Bonchev–Trinajstić information content (AvgIpc) is 3.14. The Kier molecular flexibility index (Phi) is 4.58. The van der Waals surface area contributed by atoms with Gasteiger partial charge in [-0.25, -0.2) is 0 Å². The first kappa shape index (κ1) is 17.2. The number of nitrogens with zero attached hydrogens (tertiary/aromatic N) is 6. The molecule has 0 aliphatic carbocycles. The predicted octanol–water partition coefficient (Wildman–Crippen LogP) is 2.23. The number of amides is 1. The Hall–Kier alpha value is -3.22. The van der Waals surface area contributed by atoms with Gasteiger partial charge in [-0.05, 0) is 25.1 Å². The molecule has 1 amide bonds. The van der Waals surface area contributed by atoms with Crippen LogP contribution in [0, 0.1) is 0 Å². The molecule has 3 aromatic rings. The summed E-state index contributed by atoms with van der Waals surface area (Å²) < 4.78 is 1.83. The van der Waals surface area contributed by atoms with Crippen molar-refractivity contribution in [3.63, 3.8) is 0 Å². The Morgan fingerprint density at radius 3 is 2.59 bits per heavy atom. The second-order valence-corrected chi connectivity index (χ2v) is 6.81. The van der Waals surface area contributed by atoms with Gasteiger partial charge in [0.05, 0.1) is 5.56 Å². The van der Waals surface area contributed by atoms with Crippen molar-refractivity contribution in [1.82, 2.24) is 24.6 Å². The van der Waals surface area contributed by atoms with Gasteiger partial charge >= 0.3 is 0 Å². The van der Waals surface area contributed by atoms with E-state index in [2.05, 4.69) is 27.0 Å². The minimum absolute atomic E-state index is 0.0369. The third-order valence-electron chi connectivity index (χ3n) is 5.02. The Balaban J connectivity index is 1.56. The molecule has 1 aliphatic heterocycles. The molecule has 27 heavy (non-hydrogen) atoms. The Morgan fingerprint density at radius 2 is 1.89 bits per heavy atom. The number of piperazine rings is 1. The van der Waals surface area contributed by atoms with Gasteiger partial charge in [0.1, 0.15) is 6.33 Å². The minimum Gasteiger partial charge on any atom is -0.365 e. The van der Waals surface area contributed by atoms with Crippen LogP contribution in [0.2, 0.25) is 0 Å². The fourth-order valence-electron chi connectivity index (χ4n) is 3.62. The van der Waals surface area contributed by atoms with E-state index in [1.807, 2.05) is 52.9 Å². The third-order valence-corrected chi connectivity index (χ3v) is 5.02. The highest BCUT2D eigenvalue weighted by Crippen LogP contribution is 2.25. The fourth-order valence-corrected chi connectivity index (χ4v) is 3.62. The average molecular weight is 362 g/mol. The molecular formula is C20H22N6O. The molecule has 1 fully saturated rings. The highest BCUT2D eigenvalue weighted by atomic mass is 16.2. The summed E-state index contributed by atoms with van der Waals surface area (Å²) in [6.45, 7) is 4.30.